The molecular weight excluding hydrogens is 284 g/mol. The lowest BCUT2D eigenvalue weighted by Crippen LogP contribution is -2.41. The van der Waals surface area contributed by atoms with Crippen LogP contribution in [0.25, 0.3) is 0 Å². The first kappa shape index (κ1) is 16.2. The van der Waals surface area contributed by atoms with Crippen LogP contribution in [0.15, 0.2) is 12.4 Å². The van der Waals surface area contributed by atoms with Crippen LogP contribution in [-0.4, -0.2) is 39.4 Å². The molecule has 0 spiro atoms. The van der Waals surface area contributed by atoms with E-state index in [1.807, 2.05) is 35.8 Å². The number of nitrogens with zero attached hydrogens (tertiary/aromatic N) is 2. The number of hydrogen-bond donors (Lipinski definition) is 2. The van der Waals surface area contributed by atoms with E-state index in [1.165, 1.54) is 12.0 Å². The number of aromatic nitrogens is 2. The van der Waals surface area contributed by atoms with Gasteiger partial charge in [-0.1, -0.05) is 6.92 Å². The van der Waals surface area contributed by atoms with Crippen LogP contribution in [0.2, 0.25) is 0 Å². The van der Waals surface area contributed by atoms with E-state index in [1.54, 1.807) is 0 Å². The summed E-state index contributed by atoms with van der Waals surface area (Å²) in [7, 11) is 0. The molecule has 21 heavy (non-hydrogen) atoms. The molecule has 1 aliphatic carbocycles. The van der Waals surface area contributed by atoms with E-state index >= 15 is 0 Å². The Morgan fingerprint density at radius 3 is 3.10 bits per heavy atom. The fourth-order valence-electron chi connectivity index (χ4n) is 2.73. The second kappa shape index (κ2) is 8.32. The molecule has 118 valence electrons. The van der Waals surface area contributed by atoms with Crippen molar-refractivity contribution in [3.05, 3.63) is 18.0 Å². The van der Waals surface area contributed by atoms with Crippen LogP contribution in [-0.2, 0) is 6.54 Å². The second-order valence-electron chi connectivity index (χ2n) is 5.62. The molecule has 0 aliphatic heterocycles. The minimum atomic E-state index is -0.0289. The topological polar surface area (TPSA) is 59.0 Å². The standard InChI is InChI=1S/C15H26N4OS/c1-3-21-14-6-5-13(9-14)18-15(20)16-7-4-8-19-11-12(2)10-17-19/h10-11,13-14H,3-9H2,1-2H3,(H2,16,18,20)/t13-,14-/m0/s1. The van der Waals surface area contributed by atoms with E-state index in [2.05, 4.69) is 22.7 Å². The molecule has 0 bridgehead atoms. The van der Waals surface area contributed by atoms with Crippen LogP contribution in [0.4, 0.5) is 4.79 Å². The Labute approximate surface area is 131 Å². The molecular formula is C15H26N4OS. The molecule has 6 heteroatoms. The summed E-state index contributed by atoms with van der Waals surface area (Å²) in [6, 6.07) is 0.321. The fraction of sp³-hybridized carbons (Fsp3) is 0.733. The fourth-order valence-corrected chi connectivity index (χ4v) is 3.87. The van der Waals surface area contributed by atoms with E-state index in [0.717, 1.165) is 36.8 Å². The van der Waals surface area contributed by atoms with Crippen molar-refractivity contribution in [3.8, 4) is 0 Å². The van der Waals surface area contributed by atoms with Gasteiger partial charge in [0.05, 0.1) is 6.20 Å². The summed E-state index contributed by atoms with van der Waals surface area (Å²) in [5.41, 5.74) is 1.17. The van der Waals surface area contributed by atoms with Crippen LogP contribution in [0, 0.1) is 6.92 Å². The summed E-state index contributed by atoms with van der Waals surface area (Å²) in [6.45, 7) is 5.75. The molecule has 1 heterocycles. The first-order valence-electron chi connectivity index (χ1n) is 7.82. The number of carbonyl (C=O) groups is 1. The Morgan fingerprint density at radius 2 is 2.38 bits per heavy atom. The molecule has 2 N–H and O–H groups in total. The van der Waals surface area contributed by atoms with Gasteiger partial charge in [0.2, 0.25) is 0 Å². The van der Waals surface area contributed by atoms with Crippen molar-refractivity contribution in [2.75, 3.05) is 12.3 Å². The molecule has 1 fully saturated rings. The van der Waals surface area contributed by atoms with Gasteiger partial charge in [-0.2, -0.15) is 16.9 Å². The van der Waals surface area contributed by atoms with E-state index in [-0.39, 0.29) is 6.03 Å². The highest BCUT2D eigenvalue weighted by molar-refractivity contribution is 7.99. The second-order valence-corrected chi connectivity index (χ2v) is 7.20. The third kappa shape index (κ3) is 5.61. The summed E-state index contributed by atoms with van der Waals surface area (Å²) in [5.74, 6) is 1.16. The Bertz CT molecular complexity index is 449. The monoisotopic (exact) mass is 310 g/mol. The number of rotatable bonds is 7. The van der Waals surface area contributed by atoms with Crippen LogP contribution < -0.4 is 10.6 Å². The summed E-state index contributed by atoms with van der Waals surface area (Å²) in [6.07, 6.45) is 8.21. The van der Waals surface area contributed by atoms with Gasteiger partial charge < -0.3 is 10.6 Å². The third-order valence-corrected chi connectivity index (χ3v) is 4.97. The first-order valence-corrected chi connectivity index (χ1v) is 8.87. The number of hydrogen-bond acceptors (Lipinski definition) is 3. The molecule has 2 atom stereocenters. The smallest absolute Gasteiger partial charge is 0.315 e. The molecule has 0 aromatic carbocycles. The van der Waals surface area contributed by atoms with E-state index in [0.29, 0.717) is 12.6 Å². The van der Waals surface area contributed by atoms with Gasteiger partial charge in [0.25, 0.3) is 0 Å². The zero-order valence-electron chi connectivity index (χ0n) is 13.0. The first-order chi connectivity index (χ1) is 10.2. The van der Waals surface area contributed by atoms with Crippen molar-refractivity contribution in [2.45, 2.75) is 57.4 Å². The SMILES string of the molecule is CCS[C@H]1CC[C@H](NC(=O)NCCCn2cc(C)cn2)C1. The largest absolute Gasteiger partial charge is 0.338 e. The van der Waals surface area contributed by atoms with E-state index in [9.17, 15) is 4.79 Å². The predicted molar refractivity (Wildman–Crippen MR) is 87.7 cm³/mol. The number of urea groups is 1. The van der Waals surface area contributed by atoms with Crippen LogP contribution in [0.1, 0.15) is 38.2 Å². The van der Waals surface area contributed by atoms with Crippen LogP contribution >= 0.6 is 11.8 Å². The molecule has 1 aromatic heterocycles. The van der Waals surface area contributed by atoms with Gasteiger partial charge >= 0.3 is 6.03 Å². The molecule has 2 amide bonds. The lowest BCUT2D eigenvalue weighted by Gasteiger charge is -2.14. The molecule has 1 saturated carbocycles. The minimum Gasteiger partial charge on any atom is -0.338 e. The van der Waals surface area contributed by atoms with Crippen molar-refractivity contribution < 1.29 is 4.79 Å². The van der Waals surface area contributed by atoms with Gasteiger partial charge in [-0.05, 0) is 43.9 Å². The predicted octanol–water partition coefficient (Wildman–Crippen LogP) is 2.56. The van der Waals surface area contributed by atoms with Gasteiger partial charge in [0, 0.05) is 30.6 Å². The Kier molecular flexibility index (Phi) is 6.42. The Morgan fingerprint density at radius 1 is 1.52 bits per heavy atom. The maximum atomic E-state index is 11.8. The maximum absolute atomic E-state index is 11.8. The summed E-state index contributed by atoms with van der Waals surface area (Å²) < 4.78 is 1.92. The van der Waals surface area contributed by atoms with Gasteiger partial charge in [-0.3, -0.25) is 4.68 Å². The molecule has 0 radical (unpaired) electrons. The highest BCUT2D eigenvalue weighted by Crippen LogP contribution is 2.29. The lowest BCUT2D eigenvalue weighted by atomic mass is 10.2. The summed E-state index contributed by atoms with van der Waals surface area (Å²) in [5, 5.41) is 11.0. The number of thioether (sulfide) groups is 1. The van der Waals surface area contributed by atoms with Gasteiger partial charge in [-0.15, -0.1) is 0 Å². The zero-order valence-corrected chi connectivity index (χ0v) is 13.8. The van der Waals surface area contributed by atoms with E-state index in [4.69, 9.17) is 0 Å². The van der Waals surface area contributed by atoms with Crippen molar-refractivity contribution in [1.82, 2.24) is 20.4 Å². The van der Waals surface area contributed by atoms with Gasteiger partial charge in [0.1, 0.15) is 0 Å². The van der Waals surface area contributed by atoms with Crippen LogP contribution in [0.5, 0.6) is 0 Å². The van der Waals surface area contributed by atoms with Crippen molar-refractivity contribution >= 4 is 17.8 Å². The summed E-state index contributed by atoms with van der Waals surface area (Å²) in [4.78, 5) is 11.8. The van der Waals surface area contributed by atoms with Crippen molar-refractivity contribution in [2.24, 2.45) is 0 Å². The molecule has 1 aromatic rings. The van der Waals surface area contributed by atoms with Gasteiger partial charge in [0.15, 0.2) is 0 Å². The van der Waals surface area contributed by atoms with Gasteiger partial charge in [-0.25, -0.2) is 4.79 Å². The quantitative estimate of drug-likeness (QED) is 0.761. The number of aryl methyl sites for hydroxylation is 2. The van der Waals surface area contributed by atoms with Crippen molar-refractivity contribution in [1.29, 1.82) is 0 Å². The number of carbonyl (C=O) groups excluding carboxylic acids is 1. The normalized spacial score (nSPS) is 21.4. The molecule has 2 rings (SSSR count). The van der Waals surface area contributed by atoms with E-state index < -0.39 is 0 Å². The Balaban J connectivity index is 1.55. The highest BCUT2D eigenvalue weighted by Gasteiger charge is 2.25. The molecule has 1 aliphatic rings. The maximum Gasteiger partial charge on any atom is 0.315 e. The highest BCUT2D eigenvalue weighted by atomic mass is 32.2. The van der Waals surface area contributed by atoms with Crippen LogP contribution in [0.3, 0.4) is 0 Å². The molecule has 0 unspecified atom stereocenters. The number of amides is 2. The third-order valence-electron chi connectivity index (χ3n) is 3.73. The average molecular weight is 310 g/mol. The number of nitrogens with one attached hydrogen (secondary N) is 2. The Hall–Kier alpha value is -1.17. The lowest BCUT2D eigenvalue weighted by molar-refractivity contribution is 0.237. The summed E-state index contributed by atoms with van der Waals surface area (Å²) >= 11 is 2.01. The molecule has 0 saturated heterocycles. The zero-order chi connectivity index (χ0) is 15.1. The molecule has 5 nitrogen and oxygen atoms in total. The minimum absolute atomic E-state index is 0.0289. The van der Waals surface area contributed by atoms with Crippen molar-refractivity contribution in [3.63, 3.8) is 0 Å². The average Bonchev–Trinajstić information content (AvgIpc) is 3.05.